The minimum atomic E-state index is -0.549. The molecule has 0 unspecified atom stereocenters. The Balaban J connectivity index is 1.43. The second kappa shape index (κ2) is 12.8. The van der Waals surface area contributed by atoms with Gasteiger partial charge >= 0.3 is 0 Å². The van der Waals surface area contributed by atoms with Gasteiger partial charge in [-0.15, -0.1) is 0 Å². The summed E-state index contributed by atoms with van der Waals surface area (Å²) in [5.41, 5.74) is 0.0680. The lowest BCUT2D eigenvalue weighted by Gasteiger charge is -2.34. The van der Waals surface area contributed by atoms with Gasteiger partial charge in [-0.2, -0.15) is 9.78 Å². The van der Waals surface area contributed by atoms with Crippen molar-refractivity contribution in [2.24, 2.45) is 11.8 Å². The molecule has 1 aliphatic heterocycles. The Kier molecular flexibility index (Phi) is 9.19. The number of nitrogens with one attached hydrogen (secondary N) is 2. The number of fused-ring (bicyclic) bond motifs is 1. The number of benzene rings is 2. The van der Waals surface area contributed by atoms with Gasteiger partial charge in [0.15, 0.2) is 17.2 Å². The molecule has 1 aliphatic rings. The Morgan fingerprint density at radius 2 is 1.67 bits per heavy atom. The van der Waals surface area contributed by atoms with Gasteiger partial charge in [0.1, 0.15) is 0 Å². The van der Waals surface area contributed by atoms with E-state index in [2.05, 4.69) is 34.5 Å². The maximum atomic E-state index is 13.2. The number of carbonyl (C=O) groups is 2. The van der Waals surface area contributed by atoms with E-state index in [9.17, 15) is 14.4 Å². The van der Waals surface area contributed by atoms with Crippen LogP contribution in [-0.4, -0.2) is 73.4 Å². The summed E-state index contributed by atoms with van der Waals surface area (Å²) >= 11 is 0. The van der Waals surface area contributed by atoms with Crippen molar-refractivity contribution in [1.29, 1.82) is 0 Å². The number of amides is 2. The van der Waals surface area contributed by atoms with Crippen LogP contribution < -0.4 is 25.7 Å². The summed E-state index contributed by atoms with van der Waals surface area (Å²) in [6, 6.07) is 11.7. The lowest BCUT2D eigenvalue weighted by Crippen LogP contribution is -2.41. The molecule has 2 N–H and O–H groups in total. The van der Waals surface area contributed by atoms with Gasteiger partial charge in [-0.1, -0.05) is 32.0 Å². The first-order valence-electron chi connectivity index (χ1n) is 13.3. The fourth-order valence-electron chi connectivity index (χ4n) is 5.30. The largest absolute Gasteiger partial charge is 0.493 e. The molecule has 2 amide bonds. The van der Waals surface area contributed by atoms with Crippen LogP contribution in [0, 0.1) is 11.8 Å². The molecule has 0 saturated carbocycles. The minimum Gasteiger partial charge on any atom is -0.493 e. The number of carbonyl (C=O) groups excluding carboxylic acids is 2. The van der Waals surface area contributed by atoms with E-state index in [0.717, 1.165) is 30.7 Å². The summed E-state index contributed by atoms with van der Waals surface area (Å²) in [6.07, 6.45) is 2.12. The molecule has 2 heterocycles. The van der Waals surface area contributed by atoms with E-state index in [4.69, 9.17) is 9.47 Å². The quantitative estimate of drug-likeness (QED) is 0.384. The highest BCUT2D eigenvalue weighted by molar-refractivity contribution is 6.05. The topological polar surface area (TPSA) is 115 Å². The molecular formula is C29H37N5O5. The molecule has 1 aromatic heterocycles. The van der Waals surface area contributed by atoms with Crippen LogP contribution in [0.5, 0.6) is 11.5 Å². The second-order valence-corrected chi connectivity index (χ2v) is 10.2. The molecule has 0 bridgehead atoms. The van der Waals surface area contributed by atoms with Crippen LogP contribution in [0.4, 0.5) is 0 Å². The van der Waals surface area contributed by atoms with Gasteiger partial charge in [0, 0.05) is 31.1 Å². The van der Waals surface area contributed by atoms with Gasteiger partial charge < -0.3 is 25.0 Å². The van der Waals surface area contributed by atoms with Crippen molar-refractivity contribution in [1.82, 2.24) is 25.3 Å². The number of ether oxygens (including phenoxy) is 2. The van der Waals surface area contributed by atoms with E-state index in [1.54, 1.807) is 42.5 Å². The van der Waals surface area contributed by atoms with Crippen molar-refractivity contribution >= 4 is 22.6 Å². The van der Waals surface area contributed by atoms with E-state index in [1.165, 1.54) is 20.6 Å². The first-order chi connectivity index (χ1) is 18.8. The van der Waals surface area contributed by atoms with Crippen molar-refractivity contribution < 1.29 is 19.1 Å². The van der Waals surface area contributed by atoms with Crippen molar-refractivity contribution in [2.45, 2.75) is 26.7 Å². The van der Waals surface area contributed by atoms with E-state index in [1.807, 2.05) is 0 Å². The molecule has 0 aliphatic carbocycles. The summed E-state index contributed by atoms with van der Waals surface area (Å²) in [7, 11) is 3.02. The maximum absolute atomic E-state index is 13.2. The molecule has 208 valence electrons. The summed E-state index contributed by atoms with van der Waals surface area (Å²) in [6.45, 7) is 8.05. The number of likely N-dealkylation sites (tertiary alicyclic amines) is 1. The Labute approximate surface area is 228 Å². The Bertz CT molecular complexity index is 1380. The monoisotopic (exact) mass is 535 g/mol. The molecule has 39 heavy (non-hydrogen) atoms. The predicted molar refractivity (Wildman–Crippen MR) is 150 cm³/mol. The molecule has 0 spiro atoms. The first kappa shape index (κ1) is 28.1. The molecule has 10 nitrogen and oxygen atoms in total. The van der Waals surface area contributed by atoms with Gasteiger partial charge in [0.25, 0.3) is 11.5 Å². The zero-order valence-corrected chi connectivity index (χ0v) is 23.0. The van der Waals surface area contributed by atoms with E-state index >= 15 is 0 Å². The van der Waals surface area contributed by atoms with Crippen LogP contribution in [0.15, 0.2) is 47.3 Å². The number of methoxy groups -OCH3 is 2. The summed E-state index contributed by atoms with van der Waals surface area (Å²) in [5.74, 6) is 1.49. The summed E-state index contributed by atoms with van der Waals surface area (Å²) in [4.78, 5) is 41.3. The zero-order chi connectivity index (χ0) is 27.9. The SMILES string of the molecule is COc1ccc(-n2nc(C(=O)NCC(=O)NCCCN3C[C@@H](C)C[C@H](C)C3)c3ccccc3c2=O)cc1OC. The molecular weight excluding hydrogens is 498 g/mol. The van der Waals surface area contributed by atoms with Crippen LogP contribution in [-0.2, 0) is 4.79 Å². The Hall–Kier alpha value is -3.92. The summed E-state index contributed by atoms with van der Waals surface area (Å²) < 4.78 is 11.8. The zero-order valence-electron chi connectivity index (χ0n) is 23.0. The smallest absolute Gasteiger partial charge is 0.279 e. The first-order valence-corrected chi connectivity index (χ1v) is 13.3. The van der Waals surface area contributed by atoms with E-state index in [0.29, 0.717) is 46.3 Å². The fourth-order valence-corrected chi connectivity index (χ4v) is 5.30. The molecule has 10 heteroatoms. The molecule has 3 aromatic rings. The van der Waals surface area contributed by atoms with E-state index in [-0.39, 0.29) is 23.7 Å². The third-order valence-corrected chi connectivity index (χ3v) is 6.96. The van der Waals surface area contributed by atoms with Crippen LogP contribution in [0.3, 0.4) is 0 Å². The number of rotatable bonds is 10. The molecule has 2 aromatic carbocycles. The number of aromatic nitrogens is 2. The van der Waals surface area contributed by atoms with Crippen LogP contribution >= 0.6 is 0 Å². The van der Waals surface area contributed by atoms with Crippen LogP contribution in [0.25, 0.3) is 16.5 Å². The standard InChI is InChI=1S/C29H37N5O5/c1-19-14-20(2)18-33(17-19)13-7-12-30-26(35)16-31-28(36)27-22-8-5-6-9-23(22)29(37)34(32-27)21-10-11-24(38-3)25(15-21)39-4/h5-6,8-11,15,19-20H,7,12-14,16-18H2,1-4H3,(H,30,35)(H,31,36)/t19-,20-/m0/s1. The van der Waals surface area contributed by atoms with Gasteiger partial charge in [-0.3, -0.25) is 14.4 Å². The van der Waals surface area contributed by atoms with Gasteiger partial charge in [-0.05, 0) is 49.4 Å². The molecule has 1 saturated heterocycles. The third-order valence-electron chi connectivity index (χ3n) is 6.96. The molecule has 2 atom stereocenters. The molecule has 4 rings (SSSR count). The number of hydrogen-bond acceptors (Lipinski definition) is 7. The normalized spacial score (nSPS) is 17.5. The van der Waals surface area contributed by atoms with Crippen molar-refractivity contribution in [3.63, 3.8) is 0 Å². The van der Waals surface area contributed by atoms with E-state index < -0.39 is 5.91 Å². The van der Waals surface area contributed by atoms with Crippen molar-refractivity contribution in [2.75, 3.05) is 46.9 Å². The molecule has 1 fully saturated rings. The minimum absolute atomic E-state index is 0.0427. The van der Waals surface area contributed by atoms with Crippen molar-refractivity contribution in [3.05, 3.63) is 58.5 Å². The summed E-state index contributed by atoms with van der Waals surface area (Å²) in [5, 5.41) is 10.6. The Morgan fingerprint density at radius 3 is 2.36 bits per heavy atom. The number of hydrogen-bond donors (Lipinski definition) is 2. The Morgan fingerprint density at radius 1 is 0.974 bits per heavy atom. The van der Waals surface area contributed by atoms with Crippen LogP contribution in [0.1, 0.15) is 37.2 Å². The highest BCUT2D eigenvalue weighted by Gasteiger charge is 2.21. The lowest BCUT2D eigenvalue weighted by atomic mass is 9.92. The van der Waals surface area contributed by atoms with Crippen molar-refractivity contribution in [3.8, 4) is 17.2 Å². The van der Waals surface area contributed by atoms with Crippen LogP contribution in [0.2, 0.25) is 0 Å². The number of nitrogens with zero attached hydrogens (tertiary/aromatic N) is 3. The lowest BCUT2D eigenvalue weighted by molar-refractivity contribution is -0.120. The average molecular weight is 536 g/mol. The highest BCUT2D eigenvalue weighted by Crippen LogP contribution is 2.29. The second-order valence-electron chi connectivity index (χ2n) is 10.2. The predicted octanol–water partition coefficient (Wildman–Crippen LogP) is 2.62. The molecule has 0 radical (unpaired) electrons. The van der Waals surface area contributed by atoms with Gasteiger partial charge in [-0.25, -0.2) is 0 Å². The third kappa shape index (κ3) is 6.75. The van der Waals surface area contributed by atoms with Gasteiger partial charge in [0.2, 0.25) is 5.91 Å². The highest BCUT2D eigenvalue weighted by atomic mass is 16.5. The maximum Gasteiger partial charge on any atom is 0.279 e. The number of piperidine rings is 1. The fraction of sp³-hybridized carbons (Fsp3) is 0.448. The average Bonchev–Trinajstić information content (AvgIpc) is 2.93. The van der Waals surface area contributed by atoms with Gasteiger partial charge in [0.05, 0.1) is 31.8 Å².